The molecule has 0 spiro atoms. The Bertz CT molecular complexity index is 700. The molecule has 2 aromatic rings. The minimum absolute atomic E-state index is 0.0468. The lowest BCUT2D eigenvalue weighted by atomic mass is 10.2. The van der Waals surface area contributed by atoms with Crippen LogP contribution in [0.4, 0.5) is 0 Å². The zero-order valence-corrected chi connectivity index (χ0v) is 13.8. The Morgan fingerprint density at radius 2 is 2.19 bits per heavy atom. The van der Waals surface area contributed by atoms with E-state index in [4.69, 9.17) is 9.47 Å². The Morgan fingerprint density at radius 3 is 2.86 bits per heavy atom. The van der Waals surface area contributed by atoms with Gasteiger partial charge in [-0.15, -0.1) is 0 Å². The molecule has 2 rings (SSSR count). The third-order valence-electron chi connectivity index (χ3n) is 2.75. The molecule has 2 N–H and O–H groups in total. The minimum Gasteiger partial charge on any atom is -0.504 e. The molecule has 0 atom stereocenters. The average molecular weight is 402 g/mol. The number of nitrogens with one attached hydrogen (secondary N) is 1. The largest absolute Gasteiger partial charge is 0.504 e. The van der Waals surface area contributed by atoms with E-state index in [0.717, 1.165) is 0 Å². The van der Waals surface area contributed by atoms with Crippen LogP contribution in [0.25, 0.3) is 11.4 Å². The first-order valence-corrected chi connectivity index (χ1v) is 7.38. The molecule has 0 unspecified atom stereocenters. The summed E-state index contributed by atoms with van der Waals surface area (Å²) in [5.41, 5.74) is 1.00. The van der Waals surface area contributed by atoms with E-state index in [1.807, 2.05) is 29.5 Å². The van der Waals surface area contributed by atoms with E-state index in [1.54, 1.807) is 19.2 Å². The summed E-state index contributed by atoms with van der Waals surface area (Å²) in [6.45, 7) is 2.52. The van der Waals surface area contributed by atoms with E-state index in [9.17, 15) is 9.90 Å². The van der Waals surface area contributed by atoms with Crippen molar-refractivity contribution in [2.24, 2.45) is 0 Å². The number of phenols is 1. The summed E-state index contributed by atoms with van der Waals surface area (Å²) in [7, 11) is 1.55. The SMILES string of the molecule is CCOc1cc(-c2nc(COC)c(I)c(=O)[nH]2)ccc1O. The fourth-order valence-corrected chi connectivity index (χ4v) is 2.22. The molecule has 0 amide bonds. The summed E-state index contributed by atoms with van der Waals surface area (Å²) >= 11 is 1.94. The predicted molar refractivity (Wildman–Crippen MR) is 86.6 cm³/mol. The summed E-state index contributed by atoms with van der Waals surface area (Å²) in [5.74, 6) is 0.809. The van der Waals surface area contributed by atoms with Crippen LogP contribution in [-0.4, -0.2) is 28.8 Å². The Morgan fingerprint density at radius 1 is 1.43 bits per heavy atom. The Balaban J connectivity index is 2.51. The number of H-pyrrole nitrogens is 1. The maximum atomic E-state index is 11.9. The van der Waals surface area contributed by atoms with Crippen molar-refractivity contribution >= 4 is 22.6 Å². The molecule has 0 aliphatic rings. The van der Waals surface area contributed by atoms with Crippen molar-refractivity contribution in [3.05, 3.63) is 37.8 Å². The van der Waals surface area contributed by atoms with Gasteiger partial charge in [-0.3, -0.25) is 4.79 Å². The molecule has 0 bridgehead atoms. The van der Waals surface area contributed by atoms with Gasteiger partial charge in [0, 0.05) is 12.7 Å². The molecule has 21 heavy (non-hydrogen) atoms. The number of aromatic amines is 1. The topological polar surface area (TPSA) is 84.4 Å². The zero-order chi connectivity index (χ0) is 15.4. The maximum absolute atomic E-state index is 11.9. The lowest BCUT2D eigenvalue weighted by Crippen LogP contribution is -2.16. The van der Waals surface area contributed by atoms with E-state index in [-0.39, 0.29) is 17.9 Å². The third kappa shape index (κ3) is 3.53. The summed E-state index contributed by atoms with van der Waals surface area (Å²) in [5, 5.41) is 9.71. The Kier molecular flexibility index (Phi) is 5.18. The first-order valence-electron chi connectivity index (χ1n) is 6.30. The second kappa shape index (κ2) is 6.90. The smallest absolute Gasteiger partial charge is 0.264 e. The molecule has 1 heterocycles. The van der Waals surface area contributed by atoms with Crippen molar-refractivity contribution in [3.8, 4) is 22.9 Å². The van der Waals surface area contributed by atoms with Crippen LogP contribution in [0.1, 0.15) is 12.6 Å². The van der Waals surface area contributed by atoms with E-state index < -0.39 is 0 Å². The highest BCUT2D eigenvalue weighted by atomic mass is 127. The average Bonchev–Trinajstić information content (AvgIpc) is 2.46. The predicted octanol–water partition coefficient (Wildman–Crippen LogP) is 2.29. The number of nitrogens with zero attached hydrogens (tertiary/aromatic N) is 1. The number of aromatic hydroxyl groups is 1. The number of ether oxygens (including phenoxy) is 2. The van der Waals surface area contributed by atoms with Crippen molar-refractivity contribution in [3.63, 3.8) is 0 Å². The van der Waals surface area contributed by atoms with Crippen LogP contribution in [0.15, 0.2) is 23.0 Å². The molecular weight excluding hydrogens is 387 g/mol. The second-order valence-electron chi connectivity index (χ2n) is 4.22. The van der Waals surface area contributed by atoms with Crippen LogP contribution in [0.5, 0.6) is 11.5 Å². The third-order valence-corrected chi connectivity index (χ3v) is 3.86. The summed E-state index contributed by atoms with van der Waals surface area (Å²) in [6, 6.07) is 4.81. The molecular formula is C14H15IN2O4. The molecule has 0 saturated carbocycles. The van der Waals surface area contributed by atoms with Crippen molar-refractivity contribution < 1.29 is 14.6 Å². The van der Waals surface area contributed by atoms with Crippen LogP contribution in [-0.2, 0) is 11.3 Å². The van der Waals surface area contributed by atoms with E-state index in [2.05, 4.69) is 9.97 Å². The molecule has 0 aliphatic carbocycles. The van der Waals surface area contributed by atoms with Gasteiger partial charge >= 0.3 is 0 Å². The number of benzene rings is 1. The minimum atomic E-state index is -0.223. The molecule has 0 saturated heterocycles. The molecule has 0 aliphatic heterocycles. The number of phenolic OH excluding ortho intramolecular Hbond substituents is 1. The number of aromatic nitrogens is 2. The van der Waals surface area contributed by atoms with E-state index in [0.29, 0.717) is 33.0 Å². The van der Waals surface area contributed by atoms with Gasteiger partial charge in [0.05, 0.1) is 18.9 Å². The van der Waals surface area contributed by atoms with Gasteiger partial charge in [-0.05, 0) is 47.7 Å². The van der Waals surface area contributed by atoms with Crippen LogP contribution in [0.2, 0.25) is 0 Å². The quantitative estimate of drug-likeness (QED) is 0.750. The van der Waals surface area contributed by atoms with E-state index in [1.165, 1.54) is 6.07 Å². The zero-order valence-electron chi connectivity index (χ0n) is 11.6. The molecule has 1 aromatic carbocycles. The fourth-order valence-electron chi connectivity index (χ4n) is 1.81. The van der Waals surface area contributed by atoms with Crippen LogP contribution in [0, 0.1) is 3.57 Å². The van der Waals surface area contributed by atoms with Crippen molar-refractivity contribution in [1.82, 2.24) is 9.97 Å². The Hall–Kier alpha value is -1.61. The maximum Gasteiger partial charge on any atom is 0.264 e. The molecule has 0 radical (unpaired) electrons. The second-order valence-corrected chi connectivity index (χ2v) is 5.30. The normalized spacial score (nSPS) is 10.6. The van der Waals surface area contributed by atoms with Crippen molar-refractivity contribution in [2.45, 2.75) is 13.5 Å². The van der Waals surface area contributed by atoms with Gasteiger partial charge in [0.1, 0.15) is 9.39 Å². The first kappa shape index (κ1) is 15.8. The first-order chi connectivity index (χ1) is 10.1. The molecule has 6 nitrogen and oxygen atoms in total. The van der Waals surface area contributed by atoms with Crippen molar-refractivity contribution in [2.75, 3.05) is 13.7 Å². The number of hydrogen-bond acceptors (Lipinski definition) is 5. The molecule has 7 heteroatoms. The van der Waals surface area contributed by atoms with Gasteiger partial charge in [0.25, 0.3) is 5.56 Å². The molecule has 0 fully saturated rings. The fraction of sp³-hybridized carbons (Fsp3) is 0.286. The van der Waals surface area contributed by atoms with Crippen LogP contribution in [0.3, 0.4) is 0 Å². The number of methoxy groups -OCH3 is 1. The number of rotatable bonds is 5. The van der Waals surface area contributed by atoms with Gasteiger partial charge in [0.15, 0.2) is 11.5 Å². The van der Waals surface area contributed by atoms with Gasteiger partial charge in [0.2, 0.25) is 0 Å². The number of halogens is 1. The highest BCUT2D eigenvalue weighted by molar-refractivity contribution is 14.1. The van der Waals surface area contributed by atoms with Crippen molar-refractivity contribution in [1.29, 1.82) is 0 Å². The monoisotopic (exact) mass is 402 g/mol. The summed E-state index contributed by atoms with van der Waals surface area (Å²) in [6.07, 6.45) is 0. The van der Waals surface area contributed by atoms with Crippen LogP contribution < -0.4 is 10.3 Å². The highest BCUT2D eigenvalue weighted by Crippen LogP contribution is 2.30. The Labute approximate surface area is 135 Å². The standard InChI is InChI=1S/C14H15IN2O4/c1-3-21-11-6-8(4-5-10(11)18)13-16-9(7-20-2)12(15)14(19)17-13/h4-6,18H,3,7H2,1-2H3,(H,16,17,19). The van der Waals surface area contributed by atoms with Gasteiger partial charge in [-0.2, -0.15) is 0 Å². The highest BCUT2D eigenvalue weighted by Gasteiger charge is 2.12. The molecule has 112 valence electrons. The van der Waals surface area contributed by atoms with Gasteiger partial charge in [-0.1, -0.05) is 0 Å². The van der Waals surface area contributed by atoms with E-state index >= 15 is 0 Å². The number of hydrogen-bond donors (Lipinski definition) is 2. The lowest BCUT2D eigenvalue weighted by molar-refractivity contribution is 0.180. The summed E-state index contributed by atoms with van der Waals surface area (Å²) in [4.78, 5) is 19.1. The lowest BCUT2D eigenvalue weighted by Gasteiger charge is -2.09. The van der Waals surface area contributed by atoms with Gasteiger partial charge in [-0.25, -0.2) is 4.98 Å². The summed E-state index contributed by atoms with van der Waals surface area (Å²) < 4.78 is 10.9. The van der Waals surface area contributed by atoms with Crippen LogP contribution >= 0.6 is 22.6 Å². The van der Waals surface area contributed by atoms with Gasteiger partial charge < -0.3 is 19.6 Å². The molecule has 1 aromatic heterocycles.